The standard InChI is InChI=1S/C19H18BrN3O3/c1-11(2)10-23-17(24)15-8-7-14(9-16(15)18(23)25)22-19(26)21-13-5-3-12(20)4-6-13/h3-9,11H,10H2,1-2H3,(H2,21,22,26). The van der Waals surface area contributed by atoms with E-state index in [2.05, 4.69) is 26.6 Å². The third kappa shape index (κ3) is 3.77. The van der Waals surface area contributed by atoms with Crippen LogP contribution >= 0.6 is 15.9 Å². The highest BCUT2D eigenvalue weighted by atomic mass is 79.9. The van der Waals surface area contributed by atoms with E-state index in [-0.39, 0.29) is 17.7 Å². The number of hydrogen-bond donors (Lipinski definition) is 2. The van der Waals surface area contributed by atoms with Crippen molar-refractivity contribution in [1.29, 1.82) is 0 Å². The minimum atomic E-state index is -0.428. The normalized spacial score (nSPS) is 13.2. The van der Waals surface area contributed by atoms with Gasteiger partial charge in [-0.05, 0) is 48.4 Å². The van der Waals surface area contributed by atoms with Gasteiger partial charge in [0.25, 0.3) is 11.8 Å². The van der Waals surface area contributed by atoms with E-state index in [1.807, 2.05) is 26.0 Å². The lowest BCUT2D eigenvalue weighted by Gasteiger charge is -2.15. The molecule has 0 bridgehead atoms. The monoisotopic (exact) mass is 415 g/mol. The predicted molar refractivity (Wildman–Crippen MR) is 103 cm³/mol. The minimum absolute atomic E-state index is 0.187. The third-order valence-electron chi connectivity index (χ3n) is 3.88. The number of amides is 4. The molecule has 2 N–H and O–H groups in total. The summed E-state index contributed by atoms with van der Waals surface area (Å²) in [4.78, 5) is 38.2. The zero-order valence-electron chi connectivity index (χ0n) is 14.4. The van der Waals surface area contributed by atoms with Gasteiger partial charge in [0, 0.05) is 22.4 Å². The molecule has 0 saturated carbocycles. The summed E-state index contributed by atoms with van der Waals surface area (Å²) in [5.41, 5.74) is 1.78. The molecule has 2 aromatic rings. The van der Waals surface area contributed by atoms with E-state index in [0.29, 0.717) is 29.0 Å². The predicted octanol–water partition coefficient (Wildman–Crippen LogP) is 4.35. The number of hydrogen-bond acceptors (Lipinski definition) is 3. The van der Waals surface area contributed by atoms with E-state index in [1.165, 1.54) is 11.0 Å². The highest BCUT2D eigenvalue weighted by molar-refractivity contribution is 9.10. The first-order valence-corrected chi connectivity index (χ1v) is 8.98. The lowest BCUT2D eigenvalue weighted by molar-refractivity contribution is 0.0636. The second kappa shape index (κ2) is 7.29. The van der Waals surface area contributed by atoms with Gasteiger partial charge < -0.3 is 10.6 Å². The van der Waals surface area contributed by atoms with Crippen molar-refractivity contribution in [2.45, 2.75) is 13.8 Å². The van der Waals surface area contributed by atoms with Crippen molar-refractivity contribution >= 4 is 45.2 Å². The van der Waals surface area contributed by atoms with Gasteiger partial charge in [-0.3, -0.25) is 14.5 Å². The molecular weight excluding hydrogens is 398 g/mol. The van der Waals surface area contributed by atoms with Crippen LogP contribution in [-0.4, -0.2) is 29.3 Å². The van der Waals surface area contributed by atoms with Crippen LogP contribution < -0.4 is 10.6 Å². The van der Waals surface area contributed by atoms with Crippen LogP contribution in [0.1, 0.15) is 34.6 Å². The molecule has 3 rings (SSSR count). The van der Waals surface area contributed by atoms with Crippen LogP contribution in [0.15, 0.2) is 46.9 Å². The number of benzene rings is 2. The largest absolute Gasteiger partial charge is 0.323 e. The van der Waals surface area contributed by atoms with Crippen LogP contribution in [0.3, 0.4) is 0 Å². The van der Waals surface area contributed by atoms with Gasteiger partial charge in [-0.25, -0.2) is 4.79 Å². The summed E-state index contributed by atoms with van der Waals surface area (Å²) >= 11 is 3.33. The van der Waals surface area contributed by atoms with Crippen molar-refractivity contribution in [2.75, 3.05) is 17.2 Å². The molecule has 7 heteroatoms. The Hall–Kier alpha value is -2.67. The summed E-state index contributed by atoms with van der Waals surface area (Å²) in [6.45, 7) is 4.27. The van der Waals surface area contributed by atoms with E-state index >= 15 is 0 Å². The molecule has 0 aromatic heterocycles. The Morgan fingerprint density at radius 3 is 2.19 bits per heavy atom. The van der Waals surface area contributed by atoms with Crippen molar-refractivity contribution in [1.82, 2.24) is 4.90 Å². The maximum Gasteiger partial charge on any atom is 0.323 e. The quantitative estimate of drug-likeness (QED) is 0.728. The Morgan fingerprint density at radius 1 is 0.962 bits per heavy atom. The lowest BCUT2D eigenvalue weighted by Crippen LogP contribution is -2.33. The zero-order chi connectivity index (χ0) is 18.8. The Kier molecular flexibility index (Phi) is 5.08. The van der Waals surface area contributed by atoms with E-state index in [1.54, 1.807) is 24.3 Å². The van der Waals surface area contributed by atoms with Gasteiger partial charge in [-0.2, -0.15) is 0 Å². The molecule has 0 unspecified atom stereocenters. The molecule has 0 saturated heterocycles. The fourth-order valence-corrected chi connectivity index (χ4v) is 2.99. The SMILES string of the molecule is CC(C)CN1C(=O)c2ccc(NC(=O)Nc3ccc(Br)cc3)cc2C1=O. The Bertz CT molecular complexity index is 878. The van der Waals surface area contributed by atoms with Crippen LogP contribution in [0, 0.1) is 5.92 Å². The molecule has 0 aliphatic carbocycles. The number of fused-ring (bicyclic) bond motifs is 1. The lowest BCUT2D eigenvalue weighted by atomic mass is 10.1. The van der Waals surface area contributed by atoms with Gasteiger partial charge in [0.1, 0.15) is 0 Å². The number of nitrogens with one attached hydrogen (secondary N) is 2. The molecule has 0 radical (unpaired) electrons. The second-order valence-corrected chi connectivity index (χ2v) is 7.38. The number of nitrogens with zero attached hydrogens (tertiary/aromatic N) is 1. The number of rotatable bonds is 4. The molecule has 1 aliphatic heterocycles. The third-order valence-corrected chi connectivity index (χ3v) is 4.41. The minimum Gasteiger partial charge on any atom is -0.308 e. The summed E-state index contributed by atoms with van der Waals surface area (Å²) in [6, 6.07) is 11.5. The Balaban J connectivity index is 1.73. The first-order chi connectivity index (χ1) is 12.3. The smallest absolute Gasteiger partial charge is 0.308 e. The molecule has 0 atom stereocenters. The van der Waals surface area contributed by atoms with Crippen molar-refractivity contribution in [2.24, 2.45) is 5.92 Å². The van der Waals surface area contributed by atoms with Gasteiger partial charge in [0.15, 0.2) is 0 Å². The Labute approximate surface area is 159 Å². The maximum absolute atomic E-state index is 12.5. The summed E-state index contributed by atoms with van der Waals surface area (Å²) in [5.74, 6) is -0.424. The molecule has 1 aliphatic rings. The van der Waals surface area contributed by atoms with Gasteiger partial charge in [-0.15, -0.1) is 0 Å². The van der Waals surface area contributed by atoms with Crippen LogP contribution in [-0.2, 0) is 0 Å². The number of carbonyl (C=O) groups is 3. The molecule has 134 valence electrons. The van der Waals surface area contributed by atoms with E-state index < -0.39 is 6.03 Å². The van der Waals surface area contributed by atoms with E-state index in [9.17, 15) is 14.4 Å². The molecule has 6 nitrogen and oxygen atoms in total. The fourth-order valence-electron chi connectivity index (χ4n) is 2.73. The van der Waals surface area contributed by atoms with Gasteiger partial charge >= 0.3 is 6.03 Å². The first-order valence-electron chi connectivity index (χ1n) is 8.19. The van der Waals surface area contributed by atoms with Crippen molar-refractivity contribution in [3.05, 3.63) is 58.1 Å². The van der Waals surface area contributed by atoms with Gasteiger partial charge in [0.05, 0.1) is 11.1 Å². The van der Waals surface area contributed by atoms with Crippen LogP contribution in [0.5, 0.6) is 0 Å². The van der Waals surface area contributed by atoms with E-state index in [4.69, 9.17) is 0 Å². The first kappa shape index (κ1) is 18.1. The van der Waals surface area contributed by atoms with Crippen molar-refractivity contribution in [3.63, 3.8) is 0 Å². The van der Waals surface area contributed by atoms with Crippen LogP contribution in [0.25, 0.3) is 0 Å². The summed E-state index contributed by atoms with van der Waals surface area (Å²) < 4.78 is 0.913. The molecular formula is C19H18BrN3O3. The van der Waals surface area contributed by atoms with Crippen LogP contribution in [0.2, 0.25) is 0 Å². The molecule has 26 heavy (non-hydrogen) atoms. The molecule has 4 amide bonds. The highest BCUT2D eigenvalue weighted by Gasteiger charge is 2.35. The highest BCUT2D eigenvalue weighted by Crippen LogP contribution is 2.26. The average Bonchev–Trinajstić information content (AvgIpc) is 2.81. The zero-order valence-corrected chi connectivity index (χ0v) is 16.0. The number of anilines is 2. The van der Waals surface area contributed by atoms with E-state index in [0.717, 1.165) is 4.47 Å². The summed E-state index contributed by atoms with van der Waals surface area (Å²) in [6.07, 6.45) is 0. The fraction of sp³-hybridized carbons (Fsp3) is 0.211. The van der Waals surface area contributed by atoms with Gasteiger partial charge in [0.2, 0.25) is 0 Å². The van der Waals surface area contributed by atoms with Crippen LogP contribution in [0.4, 0.5) is 16.2 Å². The molecule has 0 fully saturated rings. The number of urea groups is 1. The van der Waals surface area contributed by atoms with Crippen molar-refractivity contribution in [3.8, 4) is 0 Å². The topological polar surface area (TPSA) is 78.5 Å². The Morgan fingerprint density at radius 2 is 1.54 bits per heavy atom. The second-order valence-electron chi connectivity index (χ2n) is 6.46. The number of carbonyl (C=O) groups excluding carboxylic acids is 3. The summed E-state index contributed by atoms with van der Waals surface area (Å²) in [7, 11) is 0. The average molecular weight is 416 g/mol. The van der Waals surface area contributed by atoms with Crippen molar-refractivity contribution < 1.29 is 14.4 Å². The molecule has 1 heterocycles. The molecule has 0 spiro atoms. The van der Waals surface area contributed by atoms with Gasteiger partial charge in [-0.1, -0.05) is 29.8 Å². The summed E-state index contributed by atoms with van der Waals surface area (Å²) in [5, 5.41) is 5.39. The molecule has 2 aromatic carbocycles. The maximum atomic E-state index is 12.5. The number of imide groups is 1. The number of halogens is 1.